The van der Waals surface area contributed by atoms with Crippen LogP contribution < -0.4 is 9.75 Å². The van der Waals surface area contributed by atoms with E-state index in [4.69, 9.17) is 4.74 Å². The molecule has 2 amide bonds. The van der Waals surface area contributed by atoms with Gasteiger partial charge in [-0.3, -0.25) is 9.59 Å². The number of carbonyl (C=O) groups excluding carboxylic acids is 2. The molecule has 5 heteroatoms. The highest BCUT2D eigenvalue weighted by molar-refractivity contribution is 6.32. The van der Waals surface area contributed by atoms with Crippen molar-refractivity contribution < 1.29 is 14.3 Å². The van der Waals surface area contributed by atoms with Crippen LogP contribution in [0.25, 0.3) is 10.9 Å². The van der Waals surface area contributed by atoms with Crippen LogP contribution in [0, 0.1) is 0 Å². The number of ether oxygens (including phenoxy) is 1. The first kappa shape index (κ1) is 17.3. The van der Waals surface area contributed by atoms with Crippen LogP contribution in [0.15, 0.2) is 96.1 Å². The van der Waals surface area contributed by atoms with Crippen LogP contribution in [0.4, 0.5) is 0 Å². The topological polar surface area (TPSA) is 51.5 Å². The van der Waals surface area contributed by atoms with Crippen LogP contribution in [-0.2, 0) is 16.2 Å². The molecule has 0 radical (unpaired) electrons. The largest absolute Gasteiger partial charge is 0.473 e. The Labute approximate surface area is 167 Å². The van der Waals surface area contributed by atoms with E-state index in [9.17, 15) is 9.59 Å². The van der Waals surface area contributed by atoms with Gasteiger partial charge in [0.2, 0.25) is 5.88 Å². The van der Waals surface area contributed by atoms with Crippen LogP contribution in [0.5, 0.6) is 5.88 Å². The third-order valence-corrected chi connectivity index (χ3v) is 5.18. The zero-order valence-electron chi connectivity index (χ0n) is 15.7. The molecule has 29 heavy (non-hydrogen) atoms. The molecule has 2 aliphatic rings. The molecule has 5 nitrogen and oxygen atoms in total. The standard InChI is InChI=1S/C24H18N2O3/c1-16-8-7-12-19-22(16)24(28)26(23(19)27)25-20-13-6-5-11-18(20)14-21(25)29-15-17-9-3-2-4-10-17/h2-7,9-14H,1,8,15H2. The highest BCUT2D eigenvalue weighted by atomic mass is 16.5. The number of hydrogen-bond donors (Lipinski definition) is 0. The van der Waals surface area contributed by atoms with Crippen molar-refractivity contribution in [3.63, 3.8) is 0 Å². The molecule has 2 aromatic carbocycles. The van der Waals surface area contributed by atoms with E-state index in [1.165, 1.54) is 0 Å². The van der Waals surface area contributed by atoms with E-state index in [2.05, 4.69) is 6.58 Å². The van der Waals surface area contributed by atoms with E-state index in [0.717, 1.165) is 21.5 Å². The number of nitrogens with zero attached hydrogens (tertiary/aromatic N) is 2. The Morgan fingerprint density at radius 3 is 2.52 bits per heavy atom. The summed E-state index contributed by atoms with van der Waals surface area (Å²) in [6, 6.07) is 19.2. The summed E-state index contributed by atoms with van der Waals surface area (Å²) in [5, 5.41) is 2.05. The number of para-hydroxylation sites is 1. The quantitative estimate of drug-likeness (QED) is 0.640. The Morgan fingerprint density at radius 1 is 0.966 bits per heavy atom. The van der Waals surface area contributed by atoms with E-state index in [-0.39, 0.29) is 11.8 Å². The first-order valence-corrected chi connectivity index (χ1v) is 9.40. The number of amides is 2. The number of aromatic nitrogens is 1. The summed E-state index contributed by atoms with van der Waals surface area (Å²) in [6.07, 6.45) is 4.13. The van der Waals surface area contributed by atoms with Crippen LogP contribution in [-0.4, -0.2) is 16.5 Å². The molecule has 0 N–H and O–H groups in total. The average Bonchev–Trinajstić information content (AvgIpc) is 3.22. The van der Waals surface area contributed by atoms with Gasteiger partial charge in [0.1, 0.15) is 6.61 Å². The van der Waals surface area contributed by atoms with Crippen molar-refractivity contribution in [1.29, 1.82) is 0 Å². The third kappa shape index (κ3) is 2.70. The predicted molar refractivity (Wildman–Crippen MR) is 111 cm³/mol. The summed E-state index contributed by atoms with van der Waals surface area (Å²) in [4.78, 5) is 26.3. The van der Waals surface area contributed by atoms with Crippen molar-refractivity contribution >= 4 is 22.7 Å². The number of fused-ring (bicyclic) bond motifs is 1. The highest BCUT2D eigenvalue weighted by Gasteiger charge is 2.41. The van der Waals surface area contributed by atoms with Gasteiger partial charge in [0.05, 0.1) is 16.7 Å². The molecular formula is C24H18N2O3. The Bertz CT molecular complexity index is 1230. The third-order valence-electron chi connectivity index (χ3n) is 5.18. The number of rotatable bonds is 4. The van der Waals surface area contributed by atoms with Crippen molar-refractivity contribution in [2.45, 2.75) is 13.0 Å². The fraction of sp³-hybridized carbons (Fsp3) is 0.0833. The molecule has 0 fully saturated rings. The van der Waals surface area contributed by atoms with Gasteiger partial charge in [-0.15, -0.1) is 0 Å². The van der Waals surface area contributed by atoms with Crippen molar-refractivity contribution in [3.05, 3.63) is 102 Å². The minimum Gasteiger partial charge on any atom is -0.473 e. The second-order valence-corrected chi connectivity index (χ2v) is 7.05. The van der Waals surface area contributed by atoms with Crippen molar-refractivity contribution in [3.8, 4) is 5.88 Å². The molecule has 1 aliphatic heterocycles. The molecule has 0 bridgehead atoms. The Kier molecular flexibility index (Phi) is 3.95. The predicted octanol–water partition coefficient (Wildman–Crippen LogP) is 4.04. The normalized spacial score (nSPS) is 16.1. The molecule has 1 aliphatic carbocycles. The highest BCUT2D eigenvalue weighted by Crippen LogP contribution is 2.35. The minimum atomic E-state index is -0.370. The first-order valence-electron chi connectivity index (χ1n) is 9.40. The van der Waals surface area contributed by atoms with Crippen molar-refractivity contribution in [2.24, 2.45) is 0 Å². The second-order valence-electron chi connectivity index (χ2n) is 7.05. The maximum Gasteiger partial charge on any atom is 0.281 e. The summed E-state index contributed by atoms with van der Waals surface area (Å²) in [5.74, 6) is -0.301. The lowest BCUT2D eigenvalue weighted by atomic mass is 9.95. The molecule has 0 spiro atoms. The zero-order chi connectivity index (χ0) is 20.0. The summed E-state index contributed by atoms with van der Waals surface area (Å²) >= 11 is 0. The lowest BCUT2D eigenvalue weighted by Crippen LogP contribution is -2.41. The molecule has 1 aromatic heterocycles. The lowest BCUT2D eigenvalue weighted by molar-refractivity contribution is -0.122. The average molecular weight is 382 g/mol. The van der Waals surface area contributed by atoms with E-state index >= 15 is 0 Å². The van der Waals surface area contributed by atoms with Crippen LogP contribution >= 0.6 is 0 Å². The fourth-order valence-corrected chi connectivity index (χ4v) is 3.79. The molecule has 0 unspecified atom stereocenters. The van der Waals surface area contributed by atoms with Gasteiger partial charge >= 0.3 is 0 Å². The maximum atomic E-state index is 13.2. The first-order chi connectivity index (χ1) is 14.1. The van der Waals surface area contributed by atoms with Crippen LogP contribution in [0.2, 0.25) is 0 Å². The molecule has 3 aromatic rings. The molecular weight excluding hydrogens is 364 g/mol. The second kappa shape index (κ2) is 6.63. The SMILES string of the molecule is C=C1CC=CC2=C1C(=O)N(n1c(OCc3ccccc3)cc3ccccc31)C2=O. The fourth-order valence-electron chi connectivity index (χ4n) is 3.79. The summed E-state index contributed by atoms with van der Waals surface area (Å²) in [7, 11) is 0. The maximum absolute atomic E-state index is 13.2. The van der Waals surface area contributed by atoms with Gasteiger partial charge in [-0.25, -0.2) is 4.68 Å². The summed E-state index contributed by atoms with van der Waals surface area (Å²) < 4.78 is 7.63. The van der Waals surface area contributed by atoms with Gasteiger partial charge in [0, 0.05) is 11.5 Å². The van der Waals surface area contributed by atoms with Crippen LogP contribution in [0.3, 0.4) is 0 Å². The van der Waals surface area contributed by atoms with Gasteiger partial charge < -0.3 is 4.74 Å². The van der Waals surface area contributed by atoms with E-state index < -0.39 is 0 Å². The van der Waals surface area contributed by atoms with Gasteiger partial charge in [-0.05, 0) is 23.6 Å². The molecule has 0 saturated heterocycles. The Hall–Kier alpha value is -3.86. The number of hydrogen-bond acceptors (Lipinski definition) is 3. The molecule has 2 heterocycles. The molecule has 5 rings (SSSR count). The van der Waals surface area contributed by atoms with E-state index in [0.29, 0.717) is 35.6 Å². The smallest absolute Gasteiger partial charge is 0.281 e. The number of imide groups is 1. The molecule has 0 saturated carbocycles. The minimum absolute atomic E-state index is 0.327. The van der Waals surface area contributed by atoms with Gasteiger partial charge in [-0.1, -0.05) is 67.3 Å². The van der Waals surface area contributed by atoms with Gasteiger partial charge in [-0.2, -0.15) is 5.01 Å². The van der Waals surface area contributed by atoms with Crippen molar-refractivity contribution in [2.75, 3.05) is 5.01 Å². The molecule has 0 atom stereocenters. The summed E-state index contributed by atoms with van der Waals surface area (Å²) in [6.45, 7) is 4.30. The van der Waals surface area contributed by atoms with Gasteiger partial charge in [0.15, 0.2) is 0 Å². The Balaban J connectivity index is 1.59. The lowest BCUT2D eigenvalue weighted by Gasteiger charge is -2.20. The van der Waals surface area contributed by atoms with Crippen LogP contribution in [0.1, 0.15) is 12.0 Å². The van der Waals surface area contributed by atoms with E-state index in [1.807, 2.05) is 66.7 Å². The van der Waals surface area contributed by atoms with Gasteiger partial charge in [0.25, 0.3) is 11.8 Å². The summed E-state index contributed by atoms with van der Waals surface area (Å²) in [5.41, 5.74) is 3.16. The van der Waals surface area contributed by atoms with Crippen molar-refractivity contribution in [1.82, 2.24) is 4.68 Å². The number of allylic oxidation sites excluding steroid dienone is 1. The molecule has 142 valence electrons. The van der Waals surface area contributed by atoms with E-state index in [1.54, 1.807) is 10.8 Å². The number of carbonyl (C=O) groups is 2. The zero-order valence-corrected chi connectivity index (χ0v) is 15.7. The Morgan fingerprint density at radius 2 is 1.72 bits per heavy atom. The number of benzene rings is 2. The monoisotopic (exact) mass is 382 g/mol.